The minimum Gasteiger partial charge on any atom is -0.465 e. The van der Waals surface area contributed by atoms with Crippen LogP contribution in [-0.2, 0) is 19.7 Å². The van der Waals surface area contributed by atoms with E-state index in [1.807, 2.05) is 0 Å². The van der Waals surface area contributed by atoms with Gasteiger partial charge in [0.2, 0.25) is 5.12 Å². The Morgan fingerprint density at radius 1 is 0.933 bits per heavy atom. The van der Waals surface area contributed by atoms with Crippen LogP contribution in [0, 0.1) is 0 Å². The third-order valence-corrected chi connectivity index (χ3v) is 5.38. The zero-order chi connectivity index (χ0) is 22.5. The van der Waals surface area contributed by atoms with Crippen LogP contribution in [-0.4, -0.2) is 35.4 Å². The highest BCUT2D eigenvalue weighted by molar-refractivity contribution is 8.13. The second-order valence-electron chi connectivity index (χ2n) is 6.10. The molecule has 0 bridgehead atoms. The lowest BCUT2D eigenvalue weighted by atomic mass is 9.80. The van der Waals surface area contributed by atoms with Crippen LogP contribution in [0.2, 0.25) is 5.02 Å². The molecule has 1 atom stereocenters. The summed E-state index contributed by atoms with van der Waals surface area (Å²) in [4.78, 5) is 37.6. The Morgan fingerprint density at radius 3 is 1.87 bits per heavy atom. The van der Waals surface area contributed by atoms with E-state index in [2.05, 4.69) is 4.74 Å². The zero-order valence-electron chi connectivity index (χ0n) is 16.1. The van der Waals surface area contributed by atoms with Crippen LogP contribution in [0.15, 0.2) is 48.5 Å². The molecular formula is C21H18ClF3O4S. The van der Waals surface area contributed by atoms with Crippen molar-refractivity contribution in [2.75, 3.05) is 12.4 Å². The van der Waals surface area contributed by atoms with Gasteiger partial charge in [-0.05, 0) is 42.5 Å². The van der Waals surface area contributed by atoms with Crippen molar-refractivity contribution in [1.29, 1.82) is 0 Å². The van der Waals surface area contributed by atoms with Gasteiger partial charge in [-0.2, -0.15) is 13.2 Å². The van der Waals surface area contributed by atoms with Crippen molar-refractivity contribution in [1.82, 2.24) is 0 Å². The van der Waals surface area contributed by atoms with Crippen molar-refractivity contribution in [2.45, 2.75) is 25.4 Å². The van der Waals surface area contributed by atoms with Crippen molar-refractivity contribution in [2.24, 2.45) is 0 Å². The zero-order valence-corrected chi connectivity index (χ0v) is 17.7. The Bertz CT molecular complexity index is 907. The maximum absolute atomic E-state index is 14.2. The van der Waals surface area contributed by atoms with Gasteiger partial charge in [0.25, 0.3) is 5.41 Å². The van der Waals surface area contributed by atoms with Gasteiger partial charge in [0.05, 0.1) is 6.61 Å². The molecule has 2 rings (SSSR count). The smallest absolute Gasteiger partial charge is 0.416 e. The van der Waals surface area contributed by atoms with Gasteiger partial charge in [-0.15, -0.1) is 0 Å². The number of ether oxygens (including phenoxy) is 1. The van der Waals surface area contributed by atoms with Crippen LogP contribution in [0.1, 0.15) is 35.3 Å². The molecule has 9 heteroatoms. The van der Waals surface area contributed by atoms with Gasteiger partial charge in [-0.1, -0.05) is 54.6 Å². The molecule has 0 N–H and O–H groups in total. The number of alkyl halides is 3. The molecule has 2 aromatic carbocycles. The fourth-order valence-corrected chi connectivity index (χ4v) is 3.75. The number of thioether (sulfide) groups is 1. The molecule has 2 aromatic rings. The first kappa shape index (κ1) is 24.0. The average molecular weight is 459 g/mol. The largest absolute Gasteiger partial charge is 0.465 e. The molecule has 4 nitrogen and oxygen atoms in total. The van der Waals surface area contributed by atoms with E-state index >= 15 is 0 Å². The average Bonchev–Trinajstić information content (AvgIpc) is 2.68. The Hall–Kier alpha value is -2.32. The van der Waals surface area contributed by atoms with Crippen molar-refractivity contribution in [3.63, 3.8) is 0 Å². The molecule has 0 saturated heterocycles. The number of ketones is 1. The third-order valence-electron chi connectivity index (χ3n) is 4.27. The van der Waals surface area contributed by atoms with E-state index in [4.69, 9.17) is 11.6 Å². The predicted octanol–water partition coefficient (Wildman–Crippen LogP) is 5.21. The molecule has 0 amide bonds. The topological polar surface area (TPSA) is 60.4 Å². The third kappa shape index (κ3) is 4.54. The molecule has 0 aliphatic rings. The number of rotatable bonds is 7. The summed E-state index contributed by atoms with van der Waals surface area (Å²) >= 11 is 6.17. The maximum atomic E-state index is 14.2. The number of carbonyl (C=O) groups is 3. The van der Waals surface area contributed by atoms with E-state index in [1.54, 1.807) is 0 Å². The van der Waals surface area contributed by atoms with E-state index in [9.17, 15) is 27.6 Å². The van der Waals surface area contributed by atoms with E-state index in [0.29, 0.717) is 16.8 Å². The summed E-state index contributed by atoms with van der Waals surface area (Å²) in [6, 6.07) is 10.2. The van der Waals surface area contributed by atoms with E-state index in [-0.39, 0.29) is 23.5 Å². The number of esters is 1. The molecule has 160 valence electrons. The monoisotopic (exact) mass is 458 g/mol. The molecule has 0 fully saturated rings. The Balaban J connectivity index is 2.56. The first-order valence-corrected chi connectivity index (χ1v) is 10.3. The van der Waals surface area contributed by atoms with Gasteiger partial charge in [0.1, 0.15) is 0 Å². The van der Waals surface area contributed by atoms with Crippen molar-refractivity contribution in [3.05, 3.63) is 70.2 Å². The van der Waals surface area contributed by atoms with Gasteiger partial charge in [-0.25, -0.2) is 0 Å². The van der Waals surface area contributed by atoms with Crippen LogP contribution in [0.3, 0.4) is 0 Å². The normalized spacial score (nSPS) is 13.4. The predicted molar refractivity (Wildman–Crippen MR) is 109 cm³/mol. The van der Waals surface area contributed by atoms with Crippen LogP contribution in [0.5, 0.6) is 0 Å². The van der Waals surface area contributed by atoms with Crippen molar-refractivity contribution >= 4 is 40.2 Å². The molecule has 0 aliphatic heterocycles. The van der Waals surface area contributed by atoms with Crippen molar-refractivity contribution in [3.8, 4) is 0 Å². The second-order valence-corrected chi connectivity index (χ2v) is 7.78. The summed E-state index contributed by atoms with van der Waals surface area (Å²) in [7, 11) is 0. The molecule has 0 aliphatic carbocycles. The van der Waals surface area contributed by atoms with E-state index < -0.39 is 34.0 Å². The minimum absolute atomic E-state index is 0.0448. The Labute approximate surface area is 180 Å². The fraction of sp³-hybridized carbons (Fsp3) is 0.286. The van der Waals surface area contributed by atoms with Crippen molar-refractivity contribution < 1.29 is 32.3 Å². The maximum Gasteiger partial charge on any atom is 0.416 e. The first-order valence-electron chi connectivity index (χ1n) is 8.91. The first-order chi connectivity index (χ1) is 14.1. The fourth-order valence-electron chi connectivity index (χ4n) is 2.83. The highest BCUT2D eigenvalue weighted by atomic mass is 35.5. The molecule has 0 aromatic heterocycles. The number of carbonyl (C=O) groups excluding carboxylic acids is 3. The minimum atomic E-state index is -5.24. The molecule has 1 unspecified atom stereocenters. The standard InChI is InChI=1S/C21H18ClF3O4S/c1-3-29-18(27)20(21(23,24)25,19(28)30-4-2)15-9-5-13(6-10-15)17(26)14-7-11-16(22)12-8-14/h5-12H,3-4H2,1-2H3. The number of benzene rings is 2. The lowest BCUT2D eigenvalue weighted by Gasteiger charge is -2.32. The lowest BCUT2D eigenvalue weighted by Crippen LogP contribution is -2.55. The number of hydrogen-bond acceptors (Lipinski definition) is 5. The number of halogens is 4. The number of hydrogen-bond donors (Lipinski definition) is 0. The quantitative estimate of drug-likeness (QED) is 0.323. The molecule has 0 heterocycles. The summed E-state index contributed by atoms with van der Waals surface area (Å²) in [5, 5.41) is -0.953. The summed E-state index contributed by atoms with van der Waals surface area (Å²) in [5.74, 6) is -2.09. The van der Waals surface area contributed by atoms with E-state index in [0.717, 1.165) is 24.3 Å². The molecule has 30 heavy (non-hydrogen) atoms. The molecule has 0 spiro atoms. The van der Waals surface area contributed by atoms with Gasteiger partial charge in [-0.3, -0.25) is 14.4 Å². The highest BCUT2D eigenvalue weighted by Crippen LogP contribution is 2.45. The highest BCUT2D eigenvalue weighted by Gasteiger charge is 2.67. The van der Waals surface area contributed by atoms with Gasteiger partial charge in [0.15, 0.2) is 5.78 Å². The summed E-state index contributed by atoms with van der Waals surface area (Å²) in [5.41, 5.74) is -3.70. The molecular weight excluding hydrogens is 441 g/mol. The SMILES string of the molecule is CCOC(=O)C(C(=O)SCC)(c1ccc(C(=O)c2ccc(Cl)cc2)cc1)C(F)(F)F. The van der Waals surface area contributed by atoms with E-state index in [1.165, 1.54) is 38.1 Å². The Morgan fingerprint density at radius 2 is 1.43 bits per heavy atom. The molecule has 0 radical (unpaired) electrons. The Kier molecular flexibility index (Phi) is 7.71. The second kappa shape index (κ2) is 9.66. The van der Waals surface area contributed by atoms with Gasteiger partial charge in [0, 0.05) is 16.1 Å². The summed E-state index contributed by atoms with van der Waals surface area (Å²) in [6.07, 6.45) is -5.24. The van der Waals surface area contributed by atoms with Crippen LogP contribution < -0.4 is 0 Å². The van der Waals surface area contributed by atoms with Crippen LogP contribution >= 0.6 is 23.4 Å². The molecule has 0 saturated carbocycles. The van der Waals surface area contributed by atoms with Gasteiger partial charge >= 0.3 is 12.1 Å². The van der Waals surface area contributed by atoms with Gasteiger partial charge < -0.3 is 4.74 Å². The summed E-state index contributed by atoms with van der Waals surface area (Å²) in [6.45, 7) is 2.53. The van der Waals surface area contributed by atoms with Crippen LogP contribution in [0.4, 0.5) is 13.2 Å². The lowest BCUT2D eigenvalue weighted by molar-refractivity contribution is -0.205. The summed E-state index contributed by atoms with van der Waals surface area (Å²) < 4.78 is 47.1. The van der Waals surface area contributed by atoms with Crippen LogP contribution in [0.25, 0.3) is 0 Å².